The summed E-state index contributed by atoms with van der Waals surface area (Å²) in [6, 6.07) is 4.35. The van der Waals surface area contributed by atoms with Crippen LogP contribution in [0.3, 0.4) is 0 Å². The molecule has 2 N–H and O–H groups in total. The zero-order valence-corrected chi connectivity index (χ0v) is 13.8. The van der Waals surface area contributed by atoms with Crippen molar-refractivity contribution < 1.29 is 0 Å². The summed E-state index contributed by atoms with van der Waals surface area (Å²) in [4.78, 5) is 1.43. The minimum absolute atomic E-state index is 0.0437. The number of rotatable bonds is 4. The van der Waals surface area contributed by atoms with E-state index >= 15 is 0 Å². The van der Waals surface area contributed by atoms with Crippen molar-refractivity contribution in [1.29, 1.82) is 0 Å². The van der Waals surface area contributed by atoms with Crippen LogP contribution in [0, 0.1) is 11.8 Å². The van der Waals surface area contributed by atoms with E-state index in [1.165, 1.54) is 40.8 Å². The van der Waals surface area contributed by atoms with Crippen LogP contribution in [0.5, 0.6) is 0 Å². The van der Waals surface area contributed by atoms with Gasteiger partial charge in [0, 0.05) is 10.4 Å². The predicted molar refractivity (Wildman–Crippen MR) is 84.1 cm³/mol. The molecule has 102 valence electrons. The Labute approximate surface area is 123 Å². The maximum Gasteiger partial charge on any atom is 0.0701 e. The third-order valence-corrected chi connectivity index (χ3v) is 5.57. The van der Waals surface area contributed by atoms with E-state index in [0.717, 1.165) is 18.3 Å². The number of hydrogen-bond donors (Lipinski definition) is 1. The first-order chi connectivity index (χ1) is 8.47. The van der Waals surface area contributed by atoms with Gasteiger partial charge in [-0.1, -0.05) is 26.7 Å². The van der Waals surface area contributed by atoms with Gasteiger partial charge in [0.15, 0.2) is 0 Å². The molecule has 1 heterocycles. The third kappa shape index (κ3) is 4.07. The molecule has 0 amide bonds. The van der Waals surface area contributed by atoms with E-state index in [1.807, 2.05) is 11.3 Å². The monoisotopic (exact) mass is 329 g/mol. The van der Waals surface area contributed by atoms with Gasteiger partial charge in [-0.05, 0) is 65.6 Å². The molecular formula is C15H24BrNS. The zero-order valence-electron chi connectivity index (χ0n) is 11.4. The van der Waals surface area contributed by atoms with E-state index in [9.17, 15) is 0 Å². The molecule has 18 heavy (non-hydrogen) atoms. The van der Waals surface area contributed by atoms with Crippen molar-refractivity contribution in [3.63, 3.8) is 0 Å². The van der Waals surface area contributed by atoms with Gasteiger partial charge in [0.05, 0.1) is 3.79 Å². The second-order valence-corrected chi connectivity index (χ2v) is 8.88. The maximum atomic E-state index is 6.66. The van der Waals surface area contributed by atoms with Gasteiger partial charge in [0.2, 0.25) is 0 Å². The Kier molecular flexibility index (Phi) is 4.90. The molecule has 3 heteroatoms. The molecule has 2 rings (SSSR count). The second kappa shape index (κ2) is 6.06. The Morgan fingerprint density at radius 1 is 1.50 bits per heavy atom. The fourth-order valence-corrected chi connectivity index (χ4v) is 4.98. The summed E-state index contributed by atoms with van der Waals surface area (Å²) in [5.41, 5.74) is 6.70. The smallest absolute Gasteiger partial charge is 0.0701 e. The summed E-state index contributed by atoms with van der Waals surface area (Å²) in [6.45, 7) is 4.65. The van der Waals surface area contributed by atoms with E-state index in [1.54, 1.807) is 0 Å². The molecule has 1 nitrogen and oxygen atoms in total. The van der Waals surface area contributed by atoms with Crippen LogP contribution in [0.1, 0.15) is 50.8 Å². The molecule has 1 saturated carbocycles. The standard InChI is InChI=1S/C15H24BrNS/c1-11(2)8-12-4-3-7-15(17,9-12)10-13-5-6-14(16)18-13/h5-6,11-12H,3-4,7-10,17H2,1-2H3. The molecule has 1 fully saturated rings. The fourth-order valence-electron chi connectivity index (χ4n) is 3.34. The van der Waals surface area contributed by atoms with Crippen LogP contribution in [-0.4, -0.2) is 5.54 Å². The van der Waals surface area contributed by atoms with Crippen molar-refractivity contribution in [2.75, 3.05) is 0 Å². The van der Waals surface area contributed by atoms with Crippen LogP contribution < -0.4 is 5.73 Å². The van der Waals surface area contributed by atoms with Crippen molar-refractivity contribution in [2.24, 2.45) is 17.6 Å². The van der Waals surface area contributed by atoms with Crippen molar-refractivity contribution in [3.05, 3.63) is 20.8 Å². The minimum Gasteiger partial charge on any atom is -0.325 e. The summed E-state index contributed by atoms with van der Waals surface area (Å²) in [7, 11) is 0. The van der Waals surface area contributed by atoms with E-state index in [0.29, 0.717) is 0 Å². The number of thiophene rings is 1. The van der Waals surface area contributed by atoms with Crippen molar-refractivity contribution in [2.45, 2.75) is 57.9 Å². The lowest BCUT2D eigenvalue weighted by Crippen LogP contribution is -2.46. The second-order valence-electron chi connectivity index (χ2n) is 6.34. The van der Waals surface area contributed by atoms with E-state index in [-0.39, 0.29) is 5.54 Å². The van der Waals surface area contributed by atoms with Crippen LogP contribution in [0.2, 0.25) is 0 Å². The van der Waals surface area contributed by atoms with Gasteiger partial charge in [-0.25, -0.2) is 0 Å². The Hall–Kier alpha value is 0.140. The SMILES string of the molecule is CC(C)CC1CCCC(N)(Cc2ccc(Br)s2)C1. The van der Waals surface area contributed by atoms with E-state index in [4.69, 9.17) is 5.73 Å². The largest absolute Gasteiger partial charge is 0.325 e. The minimum atomic E-state index is 0.0437. The molecule has 1 aromatic rings. The molecule has 1 aliphatic rings. The van der Waals surface area contributed by atoms with Crippen molar-refractivity contribution >= 4 is 27.3 Å². The highest BCUT2D eigenvalue weighted by atomic mass is 79.9. The van der Waals surface area contributed by atoms with Crippen LogP contribution in [0.15, 0.2) is 15.9 Å². The summed E-state index contributed by atoms with van der Waals surface area (Å²) < 4.78 is 1.22. The summed E-state index contributed by atoms with van der Waals surface area (Å²) in [5, 5.41) is 0. The van der Waals surface area contributed by atoms with E-state index < -0.39 is 0 Å². The first kappa shape index (κ1) is 14.5. The Balaban J connectivity index is 1.97. The maximum absolute atomic E-state index is 6.66. The first-order valence-electron chi connectivity index (χ1n) is 7.00. The highest BCUT2D eigenvalue weighted by Gasteiger charge is 2.33. The van der Waals surface area contributed by atoms with Gasteiger partial charge in [-0.3, -0.25) is 0 Å². The lowest BCUT2D eigenvalue weighted by Gasteiger charge is -2.38. The number of nitrogens with two attached hydrogens (primary N) is 1. The molecule has 0 radical (unpaired) electrons. The van der Waals surface area contributed by atoms with Gasteiger partial charge in [0.1, 0.15) is 0 Å². The Morgan fingerprint density at radius 3 is 2.89 bits per heavy atom. The lowest BCUT2D eigenvalue weighted by molar-refractivity contribution is 0.201. The highest BCUT2D eigenvalue weighted by molar-refractivity contribution is 9.11. The molecule has 0 bridgehead atoms. The van der Waals surface area contributed by atoms with Crippen LogP contribution in [0.4, 0.5) is 0 Å². The highest BCUT2D eigenvalue weighted by Crippen LogP contribution is 2.37. The van der Waals surface area contributed by atoms with Gasteiger partial charge < -0.3 is 5.73 Å². The molecular weight excluding hydrogens is 306 g/mol. The normalized spacial score (nSPS) is 28.8. The summed E-state index contributed by atoms with van der Waals surface area (Å²) >= 11 is 5.37. The zero-order chi connectivity index (χ0) is 13.2. The molecule has 0 spiro atoms. The van der Waals surface area contributed by atoms with Crippen LogP contribution in [-0.2, 0) is 6.42 Å². The molecule has 0 aliphatic heterocycles. The summed E-state index contributed by atoms with van der Waals surface area (Å²) in [5.74, 6) is 1.64. The summed E-state index contributed by atoms with van der Waals surface area (Å²) in [6.07, 6.45) is 7.48. The molecule has 1 aromatic heterocycles. The van der Waals surface area contributed by atoms with Gasteiger partial charge in [-0.15, -0.1) is 11.3 Å². The average molecular weight is 330 g/mol. The quantitative estimate of drug-likeness (QED) is 0.827. The van der Waals surface area contributed by atoms with Gasteiger partial charge >= 0.3 is 0 Å². The topological polar surface area (TPSA) is 26.0 Å². The van der Waals surface area contributed by atoms with E-state index in [2.05, 4.69) is 41.9 Å². The fraction of sp³-hybridized carbons (Fsp3) is 0.733. The van der Waals surface area contributed by atoms with Gasteiger partial charge in [0.25, 0.3) is 0 Å². The Morgan fingerprint density at radius 2 is 2.28 bits per heavy atom. The molecule has 2 atom stereocenters. The predicted octanol–water partition coefficient (Wildman–Crippen LogP) is 4.99. The van der Waals surface area contributed by atoms with Gasteiger partial charge in [-0.2, -0.15) is 0 Å². The van der Waals surface area contributed by atoms with Crippen molar-refractivity contribution in [1.82, 2.24) is 0 Å². The average Bonchev–Trinajstić information content (AvgIpc) is 2.62. The molecule has 0 aromatic carbocycles. The number of hydrogen-bond acceptors (Lipinski definition) is 2. The number of halogens is 1. The molecule has 0 saturated heterocycles. The molecule has 1 aliphatic carbocycles. The van der Waals surface area contributed by atoms with Crippen molar-refractivity contribution in [3.8, 4) is 0 Å². The third-order valence-electron chi connectivity index (χ3n) is 3.94. The first-order valence-corrected chi connectivity index (χ1v) is 8.61. The molecule has 2 unspecified atom stereocenters. The lowest BCUT2D eigenvalue weighted by atomic mass is 9.72. The van der Waals surface area contributed by atoms with Crippen LogP contribution >= 0.6 is 27.3 Å². The Bertz CT molecular complexity index is 388. The van der Waals surface area contributed by atoms with Crippen LogP contribution in [0.25, 0.3) is 0 Å².